The zero-order valence-electron chi connectivity index (χ0n) is 9.04. The van der Waals surface area contributed by atoms with Gasteiger partial charge in [-0.05, 0) is 12.1 Å². The van der Waals surface area contributed by atoms with Crippen molar-refractivity contribution in [2.75, 3.05) is 25.5 Å². The fraction of sp³-hybridized carbons (Fsp3) is 0.273. The molecular weight excluding hydrogens is 206 g/mol. The first-order valence-electron chi connectivity index (χ1n) is 5.09. The molecule has 0 aromatic heterocycles. The van der Waals surface area contributed by atoms with Crippen molar-refractivity contribution in [3.05, 3.63) is 24.3 Å². The van der Waals surface area contributed by atoms with Crippen LogP contribution >= 0.6 is 0 Å². The van der Waals surface area contributed by atoms with E-state index in [9.17, 15) is 4.79 Å². The summed E-state index contributed by atoms with van der Waals surface area (Å²) in [6, 6.07) is 7.24. The van der Waals surface area contributed by atoms with Crippen LogP contribution in [0.1, 0.15) is 0 Å². The van der Waals surface area contributed by atoms with Gasteiger partial charge in [0.25, 0.3) is 0 Å². The summed E-state index contributed by atoms with van der Waals surface area (Å²) < 4.78 is 5.07. The molecule has 0 spiro atoms. The predicted molar refractivity (Wildman–Crippen MR) is 60.5 cm³/mol. The summed E-state index contributed by atoms with van der Waals surface area (Å²) in [4.78, 5) is 14.7. The lowest BCUT2D eigenvalue weighted by atomic mass is 10.3. The minimum atomic E-state index is -0.161. The maximum atomic E-state index is 11.7. The Morgan fingerprint density at radius 3 is 3.12 bits per heavy atom. The van der Waals surface area contributed by atoms with E-state index in [4.69, 9.17) is 4.74 Å². The normalized spacial score (nSPS) is 13.9. The molecule has 1 amide bonds. The zero-order chi connectivity index (χ0) is 11.4. The number of anilines is 1. The highest BCUT2D eigenvalue weighted by molar-refractivity contribution is 6.40. The van der Waals surface area contributed by atoms with E-state index >= 15 is 0 Å². The minimum absolute atomic E-state index is 0.161. The summed E-state index contributed by atoms with van der Waals surface area (Å²) in [5.41, 5.74) is 0.715. The van der Waals surface area contributed by atoms with Gasteiger partial charge in [-0.3, -0.25) is 15.1 Å². The second-order valence-corrected chi connectivity index (χ2v) is 3.41. The average molecular weight is 220 g/mol. The van der Waals surface area contributed by atoms with E-state index in [1.807, 2.05) is 18.2 Å². The quantitative estimate of drug-likeness (QED) is 0.594. The molecule has 0 radical (unpaired) electrons. The van der Waals surface area contributed by atoms with Crippen molar-refractivity contribution in [1.29, 1.82) is 0 Å². The van der Waals surface area contributed by atoms with Crippen LogP contribution in [-0.4, -0.2) is 31.9 Å². The first-order chi connectivity index (χ1) is 7.79. The van der Waals surface area contributed by atoms with Crippen molar-refractivity contribution >= 4 is 17.4 Å². The van der Waals surface area contributed by atoms with Crippen LogP contribution < -0.4 is 20.4 Å². The van der Waals surface area contributed by atoms with E-state index in [1.165, 1.54) is 0 Å². The maximum absolute atomic E-state index is 11.7. The molecule has 1 aromatic carbocycles. The number of amides is 1. The number of benzene rings is 1. The largest absolute Gasteiger partial charge is 0.497 e. The number of hydrogen-bond donors (Lipinski definition) is 3. The number of nitrogens with one attached hydrogen (secondary N) is 3. The van der Waals surface area contributed by atoms with E-state index in [1.54, 1.807) is 13.2 Å². The highest BCUT2D eigenvalue weighted by Gasteiger charge is 2.21. The van der Waals surface area contributed by atoms with Gasteiger partial charge >= 0.3 is 11.7 Å². The Balaban J connectivity index is 2.05. The minimum Gasteiger partial charge on any atom is -0.497 e. The first-order valence-corrected chi connectivity index (χ1v) is 5.09. The van der Waals surface area contributed by atoms with E-state index in [-0.39, 0.29) is 5.91 Å². The van der Waals surface area contributed by atoms with Crippen LogP contribution in [0.2, 0.25) is 0 Å². The van der Waals surface area contributed by atoms with E-state index in [2.05, 4.69) is 15.6 Å². The van der Waals surface area contributed by atoms with Gasteiger partial charge in [0.15, 0.2) is 0 Å². The average Bonchev–Trinajstić information content (AvgIpc) is 2.83. The van der Waals surface area contributed by atoms with Crippen molar-refractivity contribution in [2.45, 2.75) is 0 Å². The van der Waals surface area contributed by atoms with Gasteiger partial charge in [0, 0.05) is 11.8 Å². The van der Waals surface area contributed by atoms with Gasteiger partial charge in [-0.15, -0.1) is 0 Å². The number of carbonyl (C=O) groups is 1. The third-order valence-electron chi connectivity index (χ3n) is 2.28. The number of rotatable bonds is 3. The topological polar surface area (TPSA) is 64.3 Å². The summed E-state index contributed by atoms with van der Waals surface area (Å²) in [7, 11) is 1.59. The molecule has 0 bridgehead atoms. The maximum Gasteiger partial charge on any atom is 0.337 e. The molecular formula is C11H14N3O2+. The van der Waals surface area contributed by atoms with Gasteiger partial charge in [0.05, 0.1) is 7.11 Å². The Hall–Kier alpha value is -2.04. The molecule has 2 rings (SSSR count). The third-order valence-corrected chi connectivity index (χ3v) is 2.28. The van der Waals surface area contributed by atoms with Crippen LogP contribution in [0.15, 0.2) is 24.3 Å². The summed E-state index contributed by atoms with van der Waals surface area (Å²) >= 11 is 0. The number of methoxy groups -OCH3 is 1. The molecule has 5 heteroatoms. The number of carbonyl (C=O) groups excluding carboxylic acids is 1. The van der Waals surface area contributed by atoms with Gasteiger partial charge in [-0.2, -0.15) is 0 Å². The number of hydrogen-bond acceptors (Lipinski definition) is 3. The molecule has 1 heterocycles. The number of amidine groups is 1. The van der Waals surface area contributed by atoms with E-state index in [0.29, 0.717) is 11.5 Å². The molecule has 0 saturated heterocycles. The van der Waals surface area contributed by atoms with E-state index in [0.717, 1.165) is 18.8 Å². The SMILES string of the molecule is COc1cccc(NC(=O)C2=[NH+]CCN2)c1. The third kappa shape index (κ3) is 2.31. The molecule has 1 aliphatic heterocycles. The molecule has 0 unspecified atom stereocenters. The summed E-state index contributed by atoms with van der Waals surface area (Å²) in [6.45, 7) is 1.56. The molecule has 0 aliphatic carbocycles. The molecule has 0 atom stereocenters. The van der Waals surface area contributed by atoms with Crippen molar-refractivity contribution in [1.82, 2.24) is 5.32 Å². The molecule has 0 fully saturated rings. The van der Waals surface area contributed by atoms with Gasteiger partial charge in [0.2, 0.25) is 0 Å². The van der Waals surface area contributed by atoms with Crippen LogP contribution in [0.3, 0.4) is 0 Å². The van der Waals surface area contributed by atoms with Crippen molar-refractivity contribution in [2.24, 2.45) is 0 Å². The fourth-order valence-corrected chi connectivity index (χ4v) is 1.49. The lowest BCUT2D eigenvalue weighted by Gasteiger charge is -2.04. The predicted octanol–water partition coefficient (Wildman–Crippen LogP) is -1.28. The van der Waals surface area contributed by atoms with Crippen molar-refractivity contribution in [3.8, 4) is 5.75 Å². The summed E-state index contributed by atoms with van der Waals surface area (Å²) in [5.74, 6) is 1.07. The highest BCUT2D eigenvalue weighted by atomic mass is 16.5. The fourth-order valence-electron chi connectivity index (χ4n) is 1.49. The standard InChI is InChI=1S/C11H13N3O2/c1-16-9-4-2-3-8(7-9)14-11(15)10-12-5-6-13-10/h2-4,7H,5-6H2,1H3,(H,12,13)(H,14,15)/p+1. The van der Waals surface area contributed by atoms with Crippen LogP contribution in [0.5, 0.6) is 5.75 Å². The summed E-state index contributed by atoms with van der Waals surface area (Å²) in [6.07, 6.45) is 0. The van der Waals surface area contributed by atoms with Gasteiger partial charge in [-0.25, -0.2) is 0 Å². The van der Waals surface area contributed by atoms with Crippen LogP contribution in [0, 0.1) is 0 Å². The molecule has 5 nitrogen and oxygen atoms in total. The Morgan fingerprint density at radius 1 is 1.56 bits per heavy atom. The van der Waals surface area contributed by atoms with Crippen LogP contribution in [0.25, 0.3) is 0 Å². The molecule has 3 N–H and O–H groups in total. The van der Waals surface area contributed by atoms with Crippen molar-refractivity contribution < 1.29 is 14.5 Å². The molecule has 1 aromatic rings. The summed E-state index contributed by atoms with van der Waals surface area (Å²) in [5, 5.41) is 5.75. The Kier molecular flexibility index (Phi) is 3.05. The van der Waals surface area contributed by atoms with Crippen LogP contribution in [0.4, 0.5) is 5.69 Å². The highest BCUT2D eigenvalue weighted by Crippen LogP contribution is 2.16. The lowest BCUT2D eigenvalue weighted by Crippen LogP contribution is -2.73. The number of ether oxygens (including phenoxy) is 1. The zero-order valence-corrected chi connectivity index (χ0v) is 9.04. The van der Waals surface area contributed by atoms with E-state index < -0.39 is 0 Å². The Morgan fingerprint density at radius 2 is 2.44 bits per heavy atom. The Labute approximate surface area is 93.5 Å². The second-order valence-electron chi connectivity index (χ2n) is 3.41. The second kappa shape index (κ2) is 4.65. The molecule has 84 valence electrons. The monoisotopic (exact) mass is 220 g/mol. The van der Waals surface area contributed by atoms with Crippen molar-refractivity contribution in [3.63, 3.8) is 0 Å². The van der Waals surface area contributed by atoms with Crippen LogP contribution in [-0.2, 0) is 4.79 Å². The molecule has 0 saturated carbocycles. The smallest absolute Gasteiger partial charge is 0.337 e. The lowest BCUT2D eigenvalue weighted by molar-refractivity contribution is -0.443. The van der Waals surface area contributed by atoms with Gasteiger partial charge in [0.1, 0.15) is 18.8 Å². The molecule has 1 aliphatic rings. The molecule has 16 heavy (non-hydrogen) atoms. The Bertz CT molecular complexity index is 429. The van der Waals surface area contributed by atoms with Gasteiger partial charge in [-0.1, -0.05) is 6.07 Å². The van der Waals surface area contributed by atoms with Gasteiger partial charge < -0.3 is 10.1 Å². The first kappa shape index (κ1) is 10.5.